The Labute approximate surface area is 105 Å². The SMILES string of the molecule is Cc1ncc(NC(C)(C)c2nccs2)nc1C. The Morgan fingerprint density at radius 2 is 1.94 bits per heavy atom. The summed E-state index contributed by atoms with van der Waals surface area (Å²) in [6.45, 7) is 8.09. The zero-order valence-electron chi connectivity index (χ0n) is 10.5. The molecule has 5 heteroatoms. The molecule has 0 saturated carbocycles. The van der Waals surface area contributed by atoms with E-state index >= 15 is 0 Å². The maximum atomic E-state index is 4.47. The highest BCUT2D eigenvalue weighted by atomic mass is 32.1. The number of rotatable bonds is 3. The third-order valence-corrected chi connectivity index (χ3v) is 3.70. The Morgan fingerprint density at radius 3 is 2.53 bits per heavy atom. The number of hydrogen-bond donors (Lipinski definition) is 1. The number of anilines is 1. The fourth-order valence-corrected chi connectivity index (χ4v) is 2.23. The fraction of sp³-hybridized carbons (Fsp3) is 0.417. The molecule has 0 amide bonds. The van der Waals surface area contributed by atoms with E-state index in [1.807, 2.05) is 25.4 Å². The van der Waals surface area contributed by atoms with Crippen molar-refractivity contribution in [2.45, 2.75) is 33.2 Å². The predicted molar refractivity (Wildman–Crippen MR) is 70.3 cm³/mol. The number of nitrogens with zero attached hydrogens (tertiary/aromatic N) is 3. The maximum absolute atomic E-state index is 4.47. The van der Waals surface area contributed by atoms with Gasteiger partial charge in [-0.15, -0.1) is 11.3 Å². The zero-order valence-corrected chi connectivity index (χ0v) is 11.3. The number of hydrogen-bond acceptors (Lipinski definition) is 5. The highest BCUT2D eigenvalue weighted by molar-refractivity contribution is 7.09. The molecule has 0 fully saturated rings. The molecule has 90 valence electrons. The van der Waals surface area contributed by atoms with Crippen molar-refractivity contribution in [2.75, 3.05) is 5.32 Å². The summed E-state index contributed by atoms with van der Waals surface area (Å²) in [4.78, 5) is 13.1. The minimum atomic E-state index is -0.232. The van der Waals surface area contributed by atoms with E-state index < -0.39 is 0 Å². The van der Waals surface area contributed by atoms with E-state index in [4.69, 9.17) is 0 Å². The van der Waals surface area contributed by atoms with Crippen LogP contribution in [0.3, 0.4) is 0 Å². The van der Waals surface area contributed by atoms with Gasteiger partial charge in [0, 0.05) is 11.6 Å². The van der Waals surface area contributed by atoms with Crippen molar-refractivity contribution in [2.24, 2.45) is 0 Å². The second-order valence-electron chi connectivity index (χ2n) is 4.51. The minimum absolute atomic E-state index is 0.232. The van der Waals surface area contributed by atoms with Crippen LogP contribution in [0.25, 0.3) is 0 Å². The van der Waals surface area contributed by atoms with Crippen molar-refractivity contribution in [1.29, 1.82) is 0 Å². The lowest BCUT2D eigenvalue weighted by molar-refractivity contribution is 0.600. The van der Waals surface area contributed by atoms with Crippen molar-refractivity contribution >= 4 is 17.2 Å². The van der Waals surface area contributed by atoms with E-state index in [0.717, 1.165) is 22.2 Å². The van der Waals surface area contributed by atoms with Gasteiger partial charge >= 0.3 is 0 Å². The van der Waals surface area contributed by atoms with Crippen LogP contribution >= 0.6 is 11.3 Å². The normalized spacial score (nSPS) is 11.5. The van der Waals surface area contributed by atoms with Gasteiger partial charge in [0.05, 0.1) is 23.1 Å². The van der Waals surface area contributed by atoms with Crippen molar-refractivity contribution in [1.82, 2.24) is 15.0 Å². The minimum Gasteiger partial charge on any atom is -0.357 e. The molecule has 2 rings (SSSR count). The first kappa shape index (κ1) is 12.0. The molecule has 0 radical (unpaired) electrons. The Kier molecular flexibility index (Phi) is 3.11. The number of aryl methyl sites for hydroxylation is 2. The molecule has 2 heterocycles. The van der Waals surface area contributed by atoms with Gasteiger partial charge in [0.2, 0.25) is 0 Å². The number of aromatic nitrogens is 3. The van der Waals surface area contributed by atoms with Crippen LogP contribution in [-0.2, 0) is 5.54 Å². The van der Waals surface area contributed by atoms with E-state index in [0.29, 0.717) is 0 Å². The molecular formula is C12H16N4S. The summed E-state index contributed by atoms with van der Waals surface area (Å²) in [5, 5.41) is 6.38. The number of nitrogens with one attached hydrogen (secondary N) is 1. The largest absolute Gasteiger partial charge is 0.357 e. The van der Waals surface area contributed by atoms with Crippen molar-refractivity contribution in [3.63, 3.8) is 0 Å². The highest BCUT2D eigenvalue weighted by Crippen LogP contribution is 2.26. The van der Waals surface area contributed by atoms with Crippen molar-refractivity contribution in [3.8, 4) is 0 Å². The molecule has 2 aromatic rings. The maximum Gasteiger partial charge on any atom is 0.145 e. The molecule has 0 unspecified atom stereocenters. The van der Waals surface area contributed by atoms with E-state index in [-0.39, 0.29) is 5.54 Å². The van der Waals surface area contributed by atoms with Crippen LogP contribution in [0.1, 0.15) is 30.2 Å². The van der Waals surface area contributed by atoms with Gasteiger partial charge in [-0.1, -0.05) is 0 Å². The Hall–Kier alpha value is -1.49. The van der Waals surface area contributed by atoms with E-state index in [2.05, 4.69) is 34.1 Å². The van der Waals surface area contributed by atoms with Gasteiger partial charge in [0.1, 0.15) is 10.8 Å². The summed E-state index contributed by atoms with van der Waals surface area (Å²) in [5.41, 5.74) is 1.68. The van der Waals surface area contributed by atoms with Gasteiger partial charge in [0.25, 0.3) is 0 Å². The van der Waals surface area contributed by atoms with Gasteiger partial charge in [-0.2, -0.15) is 0 Å². The van der Waals surface area contributed by atoms with Gasteiger partial charge < -0.3 is 5.32 Å². The first-order valence-corrected chi connectivity index (χ1v) is 6.35. The monoisotopic (exact) mass is 248 g/mol. The molecule has 0 aromatic carbocycles. The van der Waals surface area contributed by atoms with Crippen molar-refractivity contribution < 1.29 is 0 Å². The standard InChI is InChI=1S/C12H16N4S/c1-8-9(2)15-10(7-14-8)16-12(3,4)11-13-5-6-17-11/h5-7H,1-4H3,(H,15,16). The van der Waals surface area contributed by atoms with Gasteiger partial charge in [-0.25, -0.2) is 9.97 Å². The van der Waals surface area contributed by atoms with E-state index in [1.165, 1.54) is 0 Å². The first-order valence-electron chi connectivity index (χ1n) is 5.47. The zero-order chi connectivity index (χ0) is 12.5. The number of thiazole rings is 1. The Morgan fingerprint density at radius 1 is 1.18 bits per heavy atom. The average molecular weight is 248 g/mol. The van der Waals surface area contributed by atoms with Gasteiger partial charge in [0.15, 0.2) is 0 Å². The summed E-state index contributed by atoms with van der Waals surface area (Å²) in [6.07, 6.45) is 3.58. The van der Waals surface area contributed by atoms with Gasteiger partial charge in [-0.3, -0.25) is 4.98 Å². The summed E-state index contributed by atoms with van der Waals surface area (Å²) in [6, 6.07) is 0. The summed E-state index contributed by atoms with van der Waals surface area (Å²) >= 11 is 1.63. The lowest BCUT2D eigenvalue weighted by Crippen LogP contribution is -2.28. The Bertz CT molecular complexity index is 505. The molecule has 0 aliphatic rings. The predicted octanol–water partition coefficient (Wildman–Crippen LogP) is 2.90. The Balaban J connectivity index is 2.23. The second-order valence-corrected chi connectivity index (χ2v) is 5.41. The molecule has 0 aliphatic heterocycles. The smallest absolute Gasteiger partial charge is 0.145 e. The molecular weight excluding hydrogens is 232 g/mol. The summed E-state index contributed by atoms with van der Waals surface area (Å²) in [7, 11) is 0. The van der Waals surface area contributed by atoms with Crippen LogP contribution in [0, 0.1) is 13.8 Å². The third-order valence-electron chi connectivity index (χ3n) is 2.60. The molecule has 0 spiro atoms. The third kappa shape index (κ3) is 2.61. The molecule has 1 N–H and O–H groups in total. The fourth-order valence-electron chi connectivity index (χ4n) is 1.51. The van der Waals surface area contributed by atoms with Crippen LogP contribution in [-0.4, -0.2) is 15.0 Å². The van der Waals surface area contributed by atoms with Crippen LogP contribution in [0.2, 0.25) is 0 Å². The van der Waals surface area contributed by atoms with Gasteiger partial charge in [-0.05, 0) is 27.7 Å². The molecule has 0 bridgehead atoms. The lowest BCUT2D eigenvalue weighted by Gasteiger charge is -2.24. The lowest BCUT2D eigenvalue weighted by atomic mass is 10.1. The van der Waals surface area contributed by atoms with Crippen LogP contribution < -0.4 is 5.32 Å². The molecule has 0 aliphatic carbocycles. The van der Waals surface area contributed by atoms with Crippen LogP contribution in [0.15, 0.2) is 17.8 Å². The van der Waals surface area contributed by atoms with E-state index in [9.17, 15) is 0 Å². The first-order chi connectivity index (χ1) is 7.99. The molecule has 2 aromatic heterocycles. The second kappa shape index (κ2) is 4.41. The van der Waals surface area contributed by atoms with Crippen molar-refractivity contribution in [3.05, 3.63) is 34.2 Å². The topological polar surface area (TPSA) is 50.7 Å². The van der Waals surface area contributed by atoms with Crippen LogP contribution in [0.5, 0.6) is 0 Å². The quantitative estimate of drug-likeness (QED) is 0.907. The molecule has 0 saturated heterocycles. The summed E-state index contributed by atoms with van der Waals surface area (Å²) in [5.74, 6) is 0.785. The average Bonchev–Trinajstić information content (AvgIpc) is 2.77. The van der Waals surface area contributed by atoms with E-state index in [1.54, 1.807) is 17.5 Å². The molecule has 17 heavy (non-hydrogen) atoms. The van der Waals surface area contributed by atoms with Crippen LogP contribution in [0.4, 0.5) is 5.82 Å². The summed E-state index contributed by atoms with van der Waals surface area (Å²) < 4.78 is 0. The molecule has 0 atom stereocenters. The molecule has 4 nitrogen and oxygen atoms in total. The highest BCUT2D eigenvalue weighted by Gasteiger charge is 2.23.